The van der Waals surface area contributed by atoms with Gasteiger partial charge in [0.2, 0.25) is 0 Å². The van der Waals surface area contributed by atoms with Gasteiger partial charge in [0.05, 0.1) is 0 Å². The summed E-state index contributed by atoms with van der Waals surface area (Å²) in [6.07, 6.45) is 2.97. The third kappa shape index (κ3) is 4.59. The van der Waals surface area contributed by atoms with Gasteiger partial charge in [-0.1, -0.05) is 61.0 Å². The minimum atomic E-state index is -0.231. The van der Waals surface area contributed by atoms with Gasteiger partial charge in [0, 0.05) is 16.0 Å². The lowest BCUT2D eigenvalue weighted by molar-refractivity contribution is 0.101. The number of benzene rings is 2. The van der Waals surface area contributed by atoms with Crippen LogP contribution in [-0.2, 0) is 5.41 Å². The van der Waals surface area contributed by atoms with E-state index in [0.29, 0.717) is 0 Å². The highest BCUT2D eigenvalue weighted by molar-refractivity contribution is 6.30. The summed E-state index contributed by atoms with van der Waals surface area (Å²) in [5.41, 5.74) is 7.36. The molecule has 1 unspecified atom stereocenters. The smallest absolute Gasteiger partial charge is 0.160 e. The molecule has 0 bridgehead atoms. The van der Waals surface area contributed by atoms with E-state index in [0.717, 1.165) is 39.3 Å². The number of halogens is 1. The van der Waals surface area contributed by atoms with Crippen LogP contribution in [0.5, 0.6) is 0 Å². The molecular formula is C25H29ClO. The highest BCUT2D eigenvalue weighted by Gasteiger charge is 2.30. The number of aryl methyl sites for hydroxylation is 2. The Labute approximate surface area is 168 Å². The predicted molar refractivity (Wildman–Crippen MR) is 118 cm³/mol. The number of hydrogen-bond acceptors (Lipinski definition) is 1. The number of ketones is 1. The van der Waals surface area contributed by atoms with E-state index in [-0.39, 0.29) is 11.2 Å². The minimum Gasteiger partial charge on any atom is -0.295 e. The van der Waals surface area contributed by atoms with Crippen molar-refractivity contribution >= 4 is 23.0 Å². The highest BCUT2D eigenvalue weighted by Crippen LogP contribution is 2.41. The van der Waals surface area contributed by atoms with Crippen LogP contribution in [0.15, 0.2) is 54.6 Å². The quantitative estimate of drug-likeness (QED) is 0.374. The van der Waals surface area contributed by atoms with Gasteiger partial charge >= 0.3 is 0 Å². The molecule has 2 rings (SSSR count). The molecule has 0 N–H and O–H groups in total. The third-order valence-electron chi connectivity index (χ3n) is 5.49. The lowest BCUT2D eigenvalue weighted by Gasteiger charge is -2.33. The van der Waals surface area contributed by atoms with Crippen molar-refractivity contribution in [2.45, 2.75) is 53.4 Å². The molecule has 0 saturated carbocycles. The maximum absolute atomic E-state index is 11.7. The number of allylic oxidation sites excluding steroid dienone is 3. The molecule has 2 heteroatoms. The first-order valence-electron chi connectivity index (χ1n) is 9.29. The van der Waals surface area contributed by atoms with Crippen molar-refractivity contribution in [3.8, 4) is 0 Å². The molecule has 0 radical (unpaired) electrons. The van der Waals surface area contributed by atoms with Crippen molar-refractivity contribution in [3.63, 3.8) is 0 Å². The molecule has 0 aliphatic carbocycles. The Morgan fingerprint density at radius 3 is 2.30 bits per heavy atom. The second kappa shape index (κ2) is 8.27. The van der Waals surface area contributed by atoms with E-state index in [1.54, 1.807) is 6.92 Å². The molecular weight excluding hydrogens is 352 g/mol. The van der Waals surface area contributed by atoms with E-state index < -0.39 is 0 Å². The van der Waals surface area contributed by atoms with Crippen LogP contribution < -0.4 is 0 Å². The maximum Gasteiger partial charge on any atom is 0.160 e. The molecule has 0 fully saturated rings. The first kappa shape index (κ1) is 21.2. The SMILES string of the molecule is C=C(C)C(C)(C/C(=C\C)c1ccc(C(C)=O)c(C)c1)c1cc(C)cc(Cl)c1. The molecule has 0 spiro atoms. The summed E-state index contributed by atoms with van der Waals surface area (Å²) in [5, 5.41) is 0.751. The molecule has 0 amide bonds. The second-order valence-corrected chi connectivity index (χ2v) is 8.14. The monoisotopic (exact) mass is 380 g/mol. The molecule has 1 atom stereocenters. The zero-order valence-corrected chi connectivity index (χ0v) is 18.0. The van der Waals surface area contributed by atoms with Crippen molar-refractivity contribution in [1.82, 2.24) is 0 Å². The molecule has 0 aliphatic heterocycles. The van der Waals surface area contributed by atoms with Crippen molar-refractivity contribution in [2.24, 2.45) is 0 Å². The van der Waals surface area contributed by atoms with Gasteiger partial charge in [-0.3, -0.25) is 4.79 Å². The van der Waals surface area contributed by atoms with Gasteiger partial charge in [0.25, 0.3) is 0 Å². The second-order valence-electron chi connectivity index (χ2n) is 7.71. The van der Waals surface area contributed by atoms with E-state index in [4.69, 9.17) is 11.6 Å². The zero-order chi connectivity index (χ0) is 20.4. The fourth-order valence-corrected chi connectivity index (χ4v) is 3.85. The third-order valence-corrected chi connectivity index (χ3v) is 5.71. The maximum atomic E-state index is 11.7. The molecule has 142 valence electrons. The number of hydrogen-bond donors (Lipinski definition) is 0. The van der Waals surface area contributed by atoms with E-state index in [1.807, 2.05) is 31.2 Å². The van der Waals surface area contributed by atoms with E-state index in [2.05, 4.69) is 52.5 Å². The lowest BCUT2D eigenvalue weighted by atomic mass is 9.71. The van der Waals surface area contributed by atoms with Gasteiger partial charge in [-0.15, -0.1) is 0 Å². The first-order chi connectivity index (χ1) is 12.6. The Morgan fingerprint density at radius 1 is 1.15 bits per heavy atom. The Balaban J connectivity index is 2.49. The largest absolute Gasteiger partial charge is 0.295 e. The molecule has 1 nitrogen and oxygen atoms in total. The number of carbonyl (C=O) groups excluding carboxylic acids is 1. The van der Waals surface area contributed by atoms with Crippen LogP contribution >= 0.6 is 11.6 Å². The lowest BCUT2D eigenvalue weighted by Crippen LogP contribution is -2.24. The molecule has 0 aliphatic rings. The normalized spacial score (nSPS) is 14.0. The molecule has 0 aromatic heterocycles. The highest BCUT2D eigenvalue weighted by atomic mass is 35.5. The minimum absolute atomic E-state index is 0.0993. The molecule has 27 heavy (non-hydrogen) atoms. The molecule has 2 aromatic rings. The summed E-state index contributed by atoms with van der Waals surface area (Å²) in [7, 11) is 0. The summed E-state index contributed by atoms with van der Waals surface area (Å²) in [4.78, 5) is 11.7. The topological polar surface area (TPSA) is 17.1 Å². The zero-order valence-electron chi connectivity index (χ0n) is 17.2. The van der Waals surface area contributed by atoms with Crippen LogP contribution in [0.2, 0.25) is 5.02 Å². The molecule has 0 saturated heterocycles. The van der Waals surface area contributed by atoms with Crippen LogP contribution in [0.3, 0.4) is 0 Å². The van der Waals surface area contributed by atoms with Gasteiger partial charge < -0.3 is 0 Å². The van der Waals surface area contributed by atoms with Crippen molar-refractivity contribution in [2.75, 3.05) is 0 Å². The van der Waals surface area contributed by atoms with Gasteiger partial charge in [0.1, 0.15) is 0 Å². The fourth-order valence-electron chi connectivity index (χ4n) is 3.56. The summed E-state index contributed by atoms with van der Waals surface area (Å²) < 4.78 is 0. The van der Waals surface area contributed by atoms with Gasteiger partial charge in [0.15, 0.2) is 5.78 Å². The van der Waals surface area contributed by atoms with E-state index in [9.17, 15) is 4.79 Å². The van der Waals surface area contributed by atoms with E-state index in [1.165, 1.54) is 11.1 Å². The van der Waals surface area contributed by atoms with Crippen molar-refractivity contribution < 1.29 is 4.79 Å². The Bertz CT molecular complexity index is 900. The molecule has 0 heterocycles. The summed E-state index contributed by atoms with van der Waals surface area (Å²) in [5.74, 6) is 0.0993. The summed E-state index contributed by atoms with van der Waals surface area (Å²) in [6.45, 7) is 16.3. The number of Topliss-reactive ketones (excluding diaryl/α,β-unsaturated/α-hetero) is 1. The summed E-state index contributed by atoms with van der Waals surface area (Å²) in [6, 6.07) is 12.3. The van der Waals surface area contributed by atoms with Crippen LogP contribution in [0, 0.1) is 13.8 Å². The number of rotatable bonds is 6. The Morgan fingerprint density at radius 2 is 1.81 bits per heavy atom. The number of carbonyl (C=O) groups is 1. The van der Waals surface area contributed by atoms with Crippen LogP contribution in [0.4, 0.5) is 0 Å². The van der Waals surface area contributed by atoms with Crippen molar-refractivity contribution in [3.05, 3.63) is 87.5 Å². The Hall–Kier alpha value is -2.12. The fraction of sp³-hybridized carbons (Fsp3) is 0.320. The average molecular weight is 381 g/mol. The van der Waals surface area contributed by atoms with Crippen LogP contribution in [0.25, 0.3) is 5.57 Å². The van der Waals surface area contributed by atoms with Crippen LogP contribution in [0.1, 0.15) is 66.7 Å². The first-order valence-corrected chi connectivity index (χ1v) is 9.67. The standard InChI is InChI=1S/C25H29ClO/c1-8-20(21-9-10-24(19(6)27)18(5)13-21)15-25(7,16(2)3)22-11-17(4)12-23(26)14-22/h8-14H,2,15H2,1,3-7H3/b20-8+. The van der Waals surface area contributed by atoms with Gasteiger partial charge in [-0.25, -0.2) is 0 Å². The van der Waals surface area contributed by atoms with Crippen LogP contribution in [-0.4, -0.2) is 5.78 Å². The summed E-state index contributed by atoms with van der Waals surface area (Å²) >= 11 is 6.34. The van der Waals surface area contributed by atoms with Gasteiger partial charge in [-0.05, 0) is 81.0 Å². The Kier molecular flexibility index (Phi) is 6.49. The molecule has 2 aromatic carbocycles. The average Bonchev–Trinajstić information content (AvgIpc) is 2.57. The van der Waals surface area contributed by atoms with E-state index >= 15 is 0 Å². The van der Waals surface area contributed by atoms with Crippen molar-refractivity contribution in [1.29, 1.82) is 0 Å². The predicted octanol–water partition coefficient (Wildman–Crippen LogP) is 7.49. The van der Waals surface area contributed by atoms with Gasteiger partial charge in [-0.2, -0.15) is 0 Å².